The Morgan fingerprint density at radius 2 is 1.65 bits per heavy atom. The van der Waals surface area contributed by atoms with Gasteiger partial charge < -0.3 is 10.6 Å². The smallest absolute Gasteiger partial charge is 0.340 e. The van der Waals surface area contributed by atoms with E-state index < -0.39 is 22.5 Å². The molecule has 0 atom stereocenters. The minimum Gasteiger partial charge on any atom is -0.340 e. The zero-order chi connectivity index (χ0) is 22.8. The molecule has 0 unspecified atom stereocenters. The van der Waals surface area contributed by atoms with Gasteiger partial charge in [-0.15, -0.1) is 0 Å². The van der Waals surface area contributed by atoms with Crippen LogP contribution < -0.4 is 10.6 Å². The second-order valence-electron chi connectivity index (χ2n) is 7.84. The Morgan fingerprint density at radius 1 is 0.968 bits per heavy atom. The van der Waals surface area contributed by atoms with E-state index in [1.54, 1.807) is 18.2 Å². The van der Waals surface area contributed by atoms with E-state index in [-0.39, 0.29) is 17.1 Å². The van der Waals surface area contributed by atoms with Crippen molar-refractivity contribution in [2.75, 3.05) is 10.6 Å². The molecule has 2 aromatic carbocycles. The Balaban J connectivity index is 1.93. The van der Waals surface area contributed by atoms with E-state index >= 15 is 0 Å². The lowest BCUT2D eigenvalue weighted by atomic mass is 9.87. The normalized spacial score (nSPS) is 11.8. The average molecular weight is 431 g/mol. The summed E-state index contributed by atoms with van der Waals surface area (Å²) in [4.78, 5) is 17.9. The van der Waals surface area contributed by atoms with Crippen LogP contribution in [0.4, 0.5) is 42.0 Å². The van der Waals surface area contributed by atoms with Gasteiger partial charge in [-0.25, -0.2) is 4.98 Å². The van der Waals surface area contributed by atoms with Gasteiger partial charge in [-0.1, -0.05) is 32.9 Å². The molecule has 0 radical (unpaired) electrons. The summed E-state index contributed by atoms with van der Waals surface area (Å²) in [5.74, 6) is -0.491. The lowest BCUT2D eigenvalue weighted by molar-refractivity contribution is -0.384. The molecular weight excluding hydrogens is 411 g/mol. The SMILES string of the molecule is CC(C)(C)c1cccc(Nc2nc(Nc3ccc([N+](=O)[O-])cc3)ncc2C(F)(F)F)c1. The highest BCUT2D eigenvalue weighted by Gasteiger charge is 2.35. The van der Waals surface area contributed by atoms with Crippen LogP contribution in [-0.2, 0) is 11.6 Å². The van der Waals surface area contributed by atoms with E-state index in [2.05, 4.69) is 20.6 Å². The van der Waals surface area contributed by atoms with Crippen LogP contribution in [0.2, 0.25) is 0 Å². The predicted molar refractivity (Wildman–Crippen MR) is 112 cm³/mol. The van der Waals surface area contributed by atoms with E-state index in [1.165, 1.54) is 24.3 Å². The standard InChI is InChI=1S/C21H20F3N5O2/c1-20(2,3)13-5-4-6-15(11-13)26-18-17(21(22,23)24)12-25-19(28-18)27-14-7-9-16(10-8-14)29(30)31/h4-12H,1-3H3,(H2,25,26,27,28). The number of aromatic nitrogens is 2. The molecule has 31 heavy (non-hydrogen) atoms. The number of hydrogen-bond donors (Lipinski definition) is 2. The van der Waals surface area contributed by atoms with Crippen LogP contribution in [0.25, 0.3) is 0 Å². The first-order valence-corrected chi connectivity index (χ1v) is 9.27. The highest BCUT2D eigenvalue weighted by molar-refractivity contribution is 5.64. The van der Waals surface area contributed by atoms with Crippen LogP contribution >= 0.6 is 0 Å². The Bertz CT molecular complexity index is 1090. The fourth-order valence-electron chi connectivity index (χ4n) is 2.74. The first kappa shape index (κ1) is 22.0. The van der Waals surface area contributed by atoms with Crippen LogP contribution in [0.15, 0.2) is 54.7 Å². The zero-order valence-electron chi connectivity index (χ0n) is 17.0. The van der Waals surface area contributed by atoms with Gasteiger partial charge in [-0.2, -0.15) is 18.2 Å². The molecule has 2 N–H and O–H groups in total. The van der Waals surface area contributed by atoms with Gasteiger partial charge in [-0.05, 0) is 35.2 Å². The Hall–Kier alpha value is -3.69. The third-order valence-corrected chi connectivity index (χ3v) is 4.42. The molecule has 1 heterocycles. The first-order valence-electron chi connectivity index (χ1n) is 9.27. The minimum atomic E-state index is -4.66. The van der Waals surface area contributed by atoms with Crippen LogP contribution in [0.1, 0.15) is 31.9 Å². The third kappa shape index (κ3) is 5.47. The Morgan fingerprint density at radius 3 is 2.23 bits per heavy atom. The van der Waals surface area contributed by atoms with Crippen molar-refractivity contribution in [2.45, 2.75) is 32.4 Å². The van der Waals surface area contributed by atoms with E-state index in [4.69, 9.17) is 0 Å². The molecule has 0 aliphatic heterocycles. The summed E-state index contributed by atoms with van der Waals surface area (Å²) in [5, 5.41) is 16.3. The van der Waals surface area contributed by atoms with Gasteiger partial charge in [0, 0.05) is 29.7 Å². The second-order valence-corrected chi connectivity index (χ2v) is 7.84. The number of rotatable bonds is 5. The summed E-state index contributed by atoms with van der Waals surface area (Å²) >= 11 is 0. The number of nitrogens with one attached hydrogen (secondary N) is 2. The lowest BCUT2D eigenvalue weighted by Gasteiger charge is -2.20. The molecule has 3 rings (SSSR count). The molecule has 0 amide bonds. The van der Waals surface area contributed by atoms with E-state index in [0.717, 1.165) is 5.56 Å². The van der Waals surface area contributed by atoms with Crippen LogP contribution in [0, 0.1) is 10.1 Å². The van der Waals surface area contributed by atoms with Gasteiger partial charge in [0.05, 0.1) is 4.92 Å². The number of nitrogens with zero attached hydrogens (tertiary/aromatic N) is 3. The number of hydrogen-bond acceptors (Lipinski definition) is 6. The van der Waals surface area contributed by atoms with E-state index in [9.17, 15) is 23.3 Å². The maximum atomic E-state index is 13.5. The van der Waals surface area contributed by atoms with Crippen molar-refractivity contribution in [1.82, 2.24) is 9.97 Å². The lowest BCUT2D eigenvalue weighted by Crippen LogP contribution is -2.14. The largest absolute Gasteiger partial charge is 0.421 e. The third-order valence-electron chi connectivity index (χ3n) is 4.42. The number of benzene rings is 2. The molecule has 0 saturated heterocycles. The quantitative estimate of drug-likeness (QED) is 0.370. The minimum absolute atomic E-state index is 0.0867. The zero-order valence-corrected chi connectivity index (χ0v) is 17.0. The van der Waals surface area contributed by atoms with Gasteiger partial charge in [0.25, 0.3) is 5.69 Å². The van der Waals surface area contributed by atoms with E-state index in [1.807, 2.05) is 26.8 Å². The molecule has 0 fully saturated rings. The van der Waals surface area contributed by atoms with Gasteiger partial charge in [0.1, 0.15) is 11.4 Å². The number of nitro benzene ring substituents is 1. The monoisotopic (exact) mass is 431 g/mol. The molecule has 7 nitrogen and oxygen atoms in total. The van der Waals surface area contributed by atoms with Crippen molar-refractivity contribution in [1.29, 1.82) is 0 Å². The van der Waals surface area contributed by atoms with Crippen molar-refractivity contribution in [3.8, 4) is 0 Å². The molecule has 0 bridgehead atoms. The van der Waals surface area contributed by atoms with Crippen LogP contribution in [-0.4, -0.2) is 14.9 Å². The fourth-order valence-corrected chi connectivity index (χ4v) is 2.74. The topological polar surface area (TPSA) is 93.0 Å². The molecule has 0 saturated carbocycles. The van der Waals surface area contributed by atoms with Gasteiger partial charge in [0.15, 0.2) is 0 Å². The van der Waals surface area contributed by atoms with Gasteiger partial charge >= 0.3 is 6.18 Å². The molecule has 1 aromatic heterocycles. The summed E-state index contributed by atoms with van der Waals surface area (Å²) in [6.45, 7) is 6.01. The van der Waals surface area contributed by atoms with Crippen molar-refractivity contribution >= 4 is 28.8 Å². The highest BCUT2D eigenvalue weighted by Crippen LogP contribution is 2.36. The van der Waals surface area contributed by atoms with Crippen molar-refractivity contribution in [3.63, 3.8) is 0 Å². The molecule has 0 spiro atoms. The molecule has 10 heteroatoms. The summed E-state index contributed by atoms with van der Waals surface area (Å²) < 4.78 is 40.5. The molecule has 3 aromatic rings. The number of halogens is 3. The summed E-state index contributed by atoms with van der Waals surface area (Å²) in [7, 11) is 0. The van der Waals surface area contributed by atoms with Crippen molar-refractivity contribution in [3.05, 3.63) is 76.0 Å². The highest BCUT2D eigenvalue weighted by atomic mass is 19.4. The summed E-state index contributed by atoms with van der Waals surface area (Å²) in [5.41, 5.74) is 0.495. The van der Waals surface area contributed by atoms with E-state index in [0.29, 0.717) is 17.6 Å². The Labute approximate surface area is 176 Å². The summed E-state index contributed by atoms with van der Waals surface area (Å²) in [6.07, 6.45) is -3.97. The van der Waals surface area contributed by atoms with Gasteiger partial charge in [-0.3, -0.25) is 10.1 Å². The predicted octanol–water partition coefficient (Wildman–Crippen LogP) is 6.19. The maximum absolute atomic E-state index is 13.5. The first-order chi connectivity index (χ1) is 14.4. The molecule has 0 aliphatic rings. The summed E-state index contributed by atoms with van der Waals surface area (Å²) in [6, 6.07) is 12.4. The fraction of sp³-hybridized carbons (Fsp3) is 0.238. The number of alkyl halides is 3. The number of nitro groups is 1. The average Bonchev–Trinajstić information content (AvgIpc) is 2.67. The second kappa shape index (κ2) is 8.21. The number of anilines is 4. The number of non-ortho nitro benzene ring substituents is 1. The van der Waals surface area contributed by atoms with Crippen LogP contribution in [0.3, 0.4) is 0 Å². The van der Waals surface area contributed by atoms with Gasteiger partial charge in [0.2, 0.25) is 5.95 Å². The van der Waals surface area contributed by atoms with Crippen LogP contribution in [0.5, 0.6) is 0 Å². The van der Waals surface area contributed by atoms with Crippen molar-refractivity contribution in [2.24, 2.45) is 0 Å². The molecule has 162 valence electrons. The molecular formula is C21H20F3N5O2. The maximum Gasteiger partial charge on any atom is 0.421 e. The Kier molecular flexibility index (Phi) is 5.83. The van der Waals surface area contributed by atoms with Crippen molar-refractivity contribution < 1.29 is 18.1 Å². The molecule has 0 aliphatic carbocycles.